The van der Waals surface area contributed by atoms with Crippen LogP contribution in [-0.2, 0) is 46.3 Å². The smallest absolute Gasteiger partial charge is 0.324 e. The van der Waals surface area contributed by atoms with Gasteiger partial charge in [-0.25, -0.2) is 10.4 Å². The van der Waals surface area contributed by atoms with Gasteiger partial charge in [-0.1, -0.05) is 19.9 Å². The van der Waals surface area contributed by atoms with E-state index in [-0.39, 0.29) is 47.7 Å². The predicted octanol–water partition coefficient (Wildman–Crippen LogP) is 4.46. The van der Waals surface area contributed by atoms with Gasteiger partial charge in [0.2, 0.25) is 11.8 Å². The first-order valence-electron chi connectivity index (χ1n) is 21.5. The van der Waals surface area contributed by atoms with Crippen LogP contribution in [-0.4, -0.2) is 114 Å². The molecule has 60 heavy (non-hydrogen) atoms. The lowest BCUT2D eigenvalue weighted by Gasteiger charge is -2.57. The zero-order chi connectivity index (χ0) is 41.5. The number of aromatic nitrogens is 3. The maximum absolute atomic E-state index is 14.9. The molecule has 1 aromatic carbocycles. The fraction of sp³-hybridized carbons (Fsp3) is 0.578. The van der Waals surface area contributed by atoms with Crippen LogP contribution >= 0.6 is 0 Å². The molecule has 1 spiro atoms. The third-order valence-electron chi connectivity index (χ3n) is 13.8. The summed E-state index contributed by atoms with van der Waals surface area (Å²) in [4.78, 5) is 55.1. The molecule has 2 amide bonds. The Balaban J connectivity index is 1.11. The van der Waals surface area contributed by atoms with Crippen molar-refractivity contribution in [3.63, 3.8) is 0 Å². The van der Waals surface area contributed by atoms with Gasteiger partial charge in [-0.3, -0.25) is 29.3 Å². The summed E-state index contributed by atoms with van der Waals surface area (Å²) >= 11 is 0. The van der Waals surface area contributed by atoms with Crippen LogP contribution in [0.25, 0.3) is 33.4 Å². The maximum Gasteiger partial charge on any atom is 0.324 e. The zero-order valence-electron chi connectivity index (χ0n) is 35.1. The van der Waals surface area contributed by atoms with Crippen LogP contribution in [0.5, 0.6) is 0 Å². The summed E-state index contributed by atoms with van der Waals surface area (Å²) < 4.78 is 32.0. The highest BCUT2D eigenvalue weighted by Gasteiger charge is 2.60. The summed E-state index contributed by atoms with van der Waals surface area (Å²) in [6, 6.07) is 7.91. The number of esters is 1. The monoisotopic (exact) mass is 821 g/mol. The van der Waals surface area contributed by atoms with Crippen LogP contribution in [0, 0.1) is 28.6 Å². The molecule has 1 unspecified atom stereocenters. The largest absolute Gasteiger partial charge is 0.464 e. The van der Waals surface area contributed by atoms with E-state index in [1.54, 1.807) is 19.6 Å². The molecule has 1 saturated carbocycles. The number of nitrogens with one attached hydrogen (secondary N) is 2. The Kier molecular flexibility index (Phi) is 9.90. The molecule has 4 saturated heterocycles. The summed E-state index contributed by atoms with van der Waals surface area (Å²) in [6.07, 6.45) is 4.89. The normalized spacial score (nSPS) is 29.0. The number of methoxy groups -OCH3 is 1. The zero-order valence-corrected chi connectivity index (χ0v) is 35.1. The molecular weight excluding hydrogens is 767 g/mol. The fourth-order valence-corrected chi connectivity index (χ4v) is 10.4. The molecule has 5 fully saturated rings. The fourth-order valence-electron chi connectivity index (χ4n) is 10.4. The molecule has 318 valence electrons. The number of ether oxygens (including phenoxy) is 4. The third-order valence-corrected chi connectivity index (χ3v) is 13.8. The van der Waals surface area contributed by atoms with E-state index < -0.39 is 29.5 Å². The maximum atomic E-state index is 14.9. The van der Waals surface area contributed by atoms with Crippen LogP contribution in [0.3, 0.4) is 0 Å². The van der Waals surface area contributed by atoms with Crippen molar-refractivity contribution in [2.24, 2.45) is 28.6 Å². The van der Waals surface area contributed by atoms with E-state index >= 15 is 0 Å². The topological polar surface area (TPSA) is 163 Å². The van der Waals surface area contributed by atoms with Gasteiger partial charge >= 0.3 is 5.97 Å². The molecule has 0 radical (unpaired) electrons. The van der Waals surface area contributed by atoms with Crippen LogP contribution < -0.4 is 10.7 Å². The number of oxazole rings is 1. The van der Waals surface area contributed by atoms with Crippen molar-refractivity contribution < 1.29 is 37.7 Å². The number of hydrogen-bond acceptors (Lipinski definition) is 12. The first-order valence-corrected chi connectivity index (χ1v) is 21.5. The van der Waals surface area contributed by atoms with Crippen molar-refractivity contribution in [1.82, 2.24) is 35.2 Å². The van der Waals surface area contributed by atoms with E-state index in [1.165, 1.54) is 5.01 Å². The van der Waals surface area contributed by atoms with E-state index in [1.807, 2.05) is 13.0 Å². The molecule has 7 atom stereocenters. The highest BCUT2D eigenvalue weighted by molar-refractivity contribution is 5.95. The van der Waals surface area contributed by atoms with Crippen molar-refractivity contribution in [2.75, 3.05) is 59.8 Å². The van der Waals surface area contributed by atoms with Crippen LogP contribution in [0.15, 0.2) is 47.2 Å². The highest BCUT2D eigenvalue weighted by Crippen LogP contribution is 2.51. The number of pyridine rings is 1. The van der Waals surface area contributed by atoms with Gasteiger partial charge in [0.25, 0.3) is 5.91 Å². The van der Waals surface area contributed by atoms with Gasteiger partial charge in [-0.05, 0) is 74.8 Å². The third kappa shape index (κ3) is 6.73. The number of rotatable bonds is 7. The van der Waals surface area contributed by atoms with E-state index in [4.69, 9.17) is 33.3 Å². The summed E-state index contributed by atoms with van der Waals surface area (Å²) in [5, 5.41) is 5.74. The van der Waals surface area contributed by atoms with E-state index in [0.29, 0.717) is 83.5 Å². The second kappa shape index (κ2) is 15.0. The van der Waals surface area contributed by atoms with Crippen LogP contribution in [0.4, 0.5) is 0 Å². The van der Waals surface area contributed by atoms with E-state index in [2.05, 4.69) is 65.2 Å². The summed E-state index contributed by atoms with van der Waals surface area (Å²) in [7, 11) is 1.69. The van der Waals surface area contributed by atoms with Crippen molar-refractivity contribution in [1.29, 1.82) is 0 Å². The SMILES string of the molecule is CCn1c(-c2cccnc2[C@H](C)OC)c2c3cc(ccc31)-c1coc(n1)[C@@H](N1CC3(COC3)C1)[C@H](NC(=O)C1[C@H]3COC[C@@H]13)C(=O)N1CCC[C@H](N1)C(=O)OCC(C)(C)C2. The lowest BCUT2D eigenvalue weighted by atomic mass is 9.76. The summed E-state index contributed by atoms with van der Waals surface area (Å²) in [6.45, 7) is 13.3. The first-order chi connectivity index (χ1) is 29.0. The van der Waals surface area contributed by atoms with Gasteiger partial charge < -0.3 is 33.2 Å². The Bertz CT molecular complexity index is 2320. The second-order valence-electron chi connectivity index (χ2n) is 18.7. The number of carbonyl (C=O) groups is 3. The van der Waals surface area contributed by atoms with Gasteiger partial charge in [0.15, 0.2) is 0 Å². The number of amides is 2. The average Bonchev–Trinajstić information content (AvgIpc) is 3.57. The van der Waals surface area contributed by atoms with Crippen LogP contribution in [0.2, 0.25) is 0 Å². The molecule has 15 heteroatoms. The number of hydrogen-bond donors (Lipinski definition) is 2. The molecule has 6 bridgehead atoms. The van der Waals surface area contributed by atoms with Gasteiger partial charge in [0, 0.05) is 78.3 Å². The average molecular weight is 822 g/mol. The van der Waals surface area contributed by atoms with Crippen molar-refractivity contribution in [3.8, 4) is 22.5 Å². The lowest BCUT2D eigenvalue weighted by molar-refractivity contribution is -0.204. The Morgan fingerprint density at radius 3 is 2.63 bits per heavy atom. The van der Waals surface area contributed by atoms with Gasteiger partial charge in [0.1, 0.15) is 30.1 Å². The molecule has 1 aliphatic carbocycles. The Morgan fingerprint density at radius 2 is 1.90 bits per heavy atom. The molecule has 4 aromatic rings. The van der Waals surface area contributed by atoms with Crippen molar-refractivity contribution in [3.05, 3.63) is 59.9 Å². The highest BCUT2D eigenvalue weighted by atomic mass is 16.5. The Morgan fingerprint density at radius 1 is 1.10 bits per heavy atom. The van der Waals surface area contributed by atoms with E-state index in [0.717, 1.165) is 39.0 Å². The molecule has 8 heterocycles. The number of hydrazine groups is 1. The minimum Gasteiger partial charge on any atom is -0.464 e. The Labute approximate surface area is 349 Å². The quantitative estimate of drug-likeness (QED) is 0.252. The molecule has 10 rings (SSSR count). The van der Waals surface area contributed by atoms with Crippen molar-refractivity contribution >= 4 is 28.7 Å². The minimum atomic E-state index is -1.05. The summed E-state index contributed by atoms with van der Waals surface area (Å²) in [5.41, 5.74) is 9.24. The first kappa shape index (κ1) is 39.5. The second-order valence-corrected chi connectivity index (χ2v) is 18.7. The number of nitrogens with zero attached hydrogens (tertiary/aromatic N) is 5. The van der Waals surface area contributed by atoms with Gasteiger partial charge in [0.05, 0.1) is 50.5 Å². The molecule has 2 N–H and O–H groups in total. The molecule has 5 aliphatic heterocycles. The molecular formula is C45H55N7O8. The lowest BCUT2D eigenvalue weighted by Crippen LogP contribution is -2.70. The number of carbonyl (C=O) groups excluding carboxylic acids is 3. The minimum absolute atomic E-state index is 0.00331. The number of benzene rings is 1. The Hall–Kier alpha value is -4.67. The van der Waals surface area contributed by atoms with Crippen molar-refractivity contribution in [2.45, 2.75) is 77.7 Å². The predicted molar refractivity (Wildman–Crippen MR) is 219 cm³/mol. The standard InChI is InChI=1S/C45H55N7O8/c1-6-51-34-12-11-26-15-28(34)29(38(51)27-9-7-13-46-36(27)25(2)56-5)16-44(3,4)22-60-43(55)32-10-8-14-52(49-32)42(54)37(48-40(53)35-30-17-57-18-31(30)35)39(41-47-33(26)19-59-41)50-20-45(21-50)23-58-24-45/h7,9,11-13,15,19,25,30-32,35,37,39,49H,6,8,10,14,16-18,20-24H2,1-5H3,(H,48,53)/t25-,30-,31+,32-,35?,37-,39-/m0/s1. The molecule has 15 nitrogen and oxygen atoms in total. The van der Waals surface area contributed by atoms with E-state index in [9.17, 15) is 14.4 Å². The molecule has 3 aromatic heterocycles. The summed E-state index contributed by atoms with van der Waals surface area (Å²) in [5.74, 6) is -0.514. The number of aryl methyl sites for hydroxylation is 1. The van der Waals surface area contributed by atoms with Gasteiger partial charge in [-0.2, -0.15) is 0 Å². The number of cyclic esters (lactones) is 1. The van der Waals surface area contributed by atoms with Crippen LogP contribution in [0.1, 0.15) is 69.8 Å². The number of likely N-dealkylation sites (tertiary alicyclic amines) is 1. The van der Waals surface area contributed by atoms with Gasteiger partial charge in [-0.15, -0.1) is 0 Å². The molecule has 6 aliphatic rings. The number of fused-ring (bicyclic) bond motifs is 7.